The highest BCUT2D eigenvalue weighted by molar-refractivity contribution is 5.38. The lowest BCUT2D eigenvalue weighted by Crippen LogP contribution is -2.24. The normalized spacial score (nSPS) is 17.1. The second-order valence-corrected chi connectivity index (χ2v) is 6.23. The van der Waals surface area contributed by atoms with Gasteiger partial charge in [-0.25, -0.2) is 9.97 Å². The molecule has 1 fully saturated rings. The molecule has 4 rings (SSSR count). The van der Waals surface area contributed by atoms with Crippen molar-refractivity contribution in [2.75, 3.05) is 24.6 Å². The summed E-state index contributed by atoms with van der Waals surface area (Å²) in [5.74, 6) is -0.552. The van der Waals surface area contributed by atoms with Gasteiger partial charge in [-0.3, -0.25) is 0 Å². The summed E-state index contributed by atoms with van der Waals surface area (Å²) in [6.07, 6.45) is -2.33. The molecule has 0 amide bonds. The fraction of sp³-hybridized carbons (Fsp3) is 0.375. The number of fused-ring (bicyclic) bond motifs is 1. The van der Waals surface area contributed by atoms with Crippen molar-refractivity contribution in [3.8, 4) is 11.9 Å². The molecule has 0 spiro atoms. The minimum atomic E-state index is -4.66. The van der Waals surface area contributed by atoms with E-state index in [1.54, 1.807) is 0 Å². The molecule has 0 bridgehead atoms. The Labute approximate surface area is 156 Å². The van der Waals surface area contributed by atoms with Crippen LogP contribution >= 0.6 is 0 Å². The summed E-state index contributed by atoms with van der Waals surface area (Å²) < 4.78 is 45.0. The van der Waals surface area contributed by atoms with Crippen LogP contribution in [0.25, 0.3) is 5.65 Å². The Morgan fingerprint density at radius 2 is 2.11 bits per heavy atom. The molecule has 0 N–H and O–H groups in total. The quantitative estimate of drug-likeness (QED) is 0.663. The van der Waals surface area contributed by atoms with Crippen molar-refractivity contribution >= 4 is 11.6 Å². The zero-order valence-electron chi connectivity index (χ0n) is 14.3. The number of nitriles is 1. The molecule has 0 radical (unpaired) electrons. The maximum absolute atomic E-state index is 12.9. The van der Waals surface area contributed by atoms with E-state index in [9.17, 15) is 13.2 Å². The summed E-state index contributed by atoms with van der Waals surface area (Å²) in [6, 6.07) is 6.33. The number of ether oxygens (including phenoxy) is 1. The highest BCUT2D eigenvalue weighted by Crippen LogP contribution is 2.28. The molecule has 3 aromatic heterocycles. The van der Waals surface area contributed by atoms with E-state index in [1.165, 1.54) is 24.4 Å². The number of halogens is 3. The van der Waals surface area contributed by atoms with Gasteiger partial charge in [0.25, 0.3) is 5.82 Å². The third-order valence-corrected chi connectivity index (χ3v) is 4.28. The Bertz CT molecular complexity index is 1040. The van der Waals surface area contributed by atoms with E-state index in [-0.39, 0.29) is 29.7 Å². The van der Waals surface area contributed by atoms with Crippen molar-refractivity contribution in [1.29, 1.82) is 5.26 Å². The second-order valence-electron chi connectivity index (χ2n) is 6.23. The molecular weight excluding hydrogens is 377 g/mol. The summed E-state index contributed by atoms with van der Waals surface area (Å²) in [6.45, 7) is 1.58. The highest BCUT2D eigenvalue weighted by Gasteiger charge is 2.37. The van der Waals surface area contributed by atoms with Crippen molar-refractivity contribution in [2.24, 2.45) is 5.92 Å². The Morgan fingerprint density at radius 1 is 1.25 bits per heavy atom. The maximum atomic E-state index is 12.9. The van der Waals surface area contributed by atoms with Gasteiger partial charge in [-0.05, 0) is 18.6 Å². The standard InChI is InChI=1S/C16H13F3N8O/c17-16(18,19)14-24-23-12-1-2-13(25-27(12)14)28-9-10-4-6-26(8-10)15-21-5-3-11(7-20)22-15/h1-3,5,10H,4,6,8-9H2. The average Bonchev–Trinajstić information content (AvgIpc) is 3.32. The van der Waals surface area contributed by atoms with Crippen molar-refractivity contribution in [3.63, 3.8) is 0 Å². The number of nitrogens with zero attached hydrogens (tertiary/aromatic N) is 8. The number of hydrogen-bond donors (Lipinski definition) is 0. The SMILES string of the molecule is N#Cc1ccnc(N2CCC(COc3ccc4nnc(C(F)(F)F)n4n3)C2)n1. The first-order valence-electron chi connectivity index (χ1n) is 8.34. The van der Waals surface area contributed by atoms with E-state index in [1.807, 2.05) is 11.0 Å². The maximum Gasteiger partial charge on any atom is 0.453 e. The number of rotatable bonds is 4. The fourth-order valence-corrected chi connectivity index (χ4v) is 2.94. The summed E-state index contributed by atoms with van der Waals surface area (Å²) in [5.41, 5.74) is 0.276. The molecule has 1 saturated heterocycles. The first-order chi connectivity index (χ1) is 13.4. The Kier molecular flexibility index (Phi) is 4.42. The topological polar surface area (TPSA) is 105 Å². The zero-order chi connectivity index (χ0) is 19.7. The molecular formula is C16H13F3N8O. The largest absolute Gasteiger partial charge is 0.476 e. The van der Waals surface area contributed by atoms with Crippen LogP contribution in [-0.4, -0.2) is 49.5 Å². The van der Waals surface area contributed by atoms with Gasteiger partial charge in [0.1, 0.15) is 11.8 Å². The molecule has 0 aliphatic carbocycles. The molecule has 1 aliphatic heterocycles. The minimum absolute atomic E-state index is 0.0127. The predicted octanol–water partition coefficient (Wildman–Crippen LogP) is 1.71. The van der Waals surface area contributed by atoms with E-state index in [2.05, 4.69) is 25.3 Å². The van der Waals surface area contributed by atoms with Crippen molar-refractivity contribution in [1.82, 2.24) is 29.8 Å². The molecule has 12 heteroatoms. The summed E-state index contributed by atoms with van der Waals surface area (Å²) in [4.78, 5) is 10.3. The molecule has 9 nitrogen and oxygen atoms in total. The second kappa shape index (κ2) is 6.91. The third kappa shape index (κ3) is 3.51. The van der Waals surface area contributed by atoms with Crippen molar-refractivity contribution in [3.05, 3.63) is 35.9 Å². The van der Waals surface area contributed by atoms with E-state index < -0.39 is 12.0 Å². The number of anilines is 1. The van der Waals surface area contributed by atoms with Gasteiger partial charge in [-0.2, -0.15) is 22.9 Å². The number of aromatic nitrogens is 6. The van der Waals surface area contributed by atoms with Crippen LogP contribution in [0.5, 0.6) is 5.88 Å². The van der Waals surface area contributed by atoms with Crippen LogP contribution < -0.4 is 9.64 Å². The lowest BCUT2D eigenvalue weighted by Gasteiger charge is -2.16. The van der Waals surface area contributed by atoms with Crippen LogP contribution in [0.2, 0.25) is 0 Å². The van der Waals surface area contributed by atoms with Gasteiger partial charge in [0, 0.05) is 31.3 Å². The van der Waals surface area contributed by atoms with E-state index >= 15 is 0 Å². The molecule has 0 aromatic carbocycles. The summed E-state index contributed by atoms with van der Waals surface area (Å²) in [5, 5.41) is 19.3. The lowest BCUT2D eigenvalue weighted by molar-refractivity contribution is -0.146. The first-order valence-corrected chi connectivity index (χ1v) is 8.34. The number of alkyl halides is 3. The van der Waals surface area contributed by atoms with Crippen LogP contribution in [0.4, 0.5) is 19.1 Å². The van der Waals surface area contributed by atoms with Gasteiger partial charge in [0.2, 0.25) is 11.8 Å². The molecule has 1 atom stereocenters. The van der Waals surface area contributed by atoms with Crippen LogP contribution in [0.15, 0.2) is 24.4 Å². The van der Waals surface area contributed by atoms with Gasteiger partial charge in [-0.15, -0.1) is 15.3 Å². The lowest BCUT2D eigenvalue weighted by atomic mass is 10.1. The molecule has 1 unspecified atom stereocenters. The smallest absolute Gasteiger partial charge is 0.453 e. The van der Waals surface area contributed by atoms with Crippen LogP contribution in [0, 0.1) is 17.2 Å². The van der Waals surface area contributed by atoms with E-state index in [4.69, 9.17) is 10.00 Å². The average molecular weight is 390 g/mol. The van der Waals surface area contributed by atoms with Gasteiger partial charge in [-0.1, -0.05) is 0 Å². The molecule has 1 aliphatic rings. The molecule has 4 heterocycles. The monoisotopic (exact) mass is 390 g/mol. The van der Waals surface area contributed by atoms with E-state index in [0.29, 0.717) is 23.6 Å². The van der Waals surface area contributed by atoms with Crippen LogP contribution in [0.3, 0.4) is 0 Å². The van der Waals surface area contributed by atoms with Gasteiger partial charge < -0.3 is 9.64 Å². The van der Waals surface area contributed by atoms with Crippen molar-refractivity contribution in [2.45, 2.75) is 12.6 Å². The third-order valence-electron chi connectivity index (χ3n) is 4.28. The predicted molar refractivity (Wildman–Crippen MR) is 88.3 cm³/mol. The minimum Gasteiger partial charge on any atom is -0.476 e. The Hall–Kier alpha value is -3.49. The Balaban J connectivity index is 1.42. The zero-order valence-corrected chi connectivity index (χ0v) is 14.3. The molecule has 3 aromatic rings. The van der Waals surface area contributed by atoms with Crippen LogP contribution in [-0.2, 0) is 6.18 Å². The van der Waals surface area contributed by atoms with Gasteiger partial charge >= 0.3 is 6.18 Å². The van der Waals surface area contributed by atoms with Crippen molar-refractivity contribution < 1.29 is 17.9 Å². The summed E-state index contributed by atoms with van der Waals surface area (Å²) >= 11 is 0. The fourth-order valence-electron chi connectivity index (χ4n) is 2.94. The summed E-state index contributed by atoms with van der Waals surface area (Å²) in [7, 11) is 0. The van der Waals surface area contributed by atoms with Crippen LogP contribution in [0.1, 0.15) is 17.9 Å². The Morgan fingerprint density at radius 3 is 2.89 bits per heavy atom. The first kappa shape index (κ1) is 17.9. The van der Waals surface area contributed by atoms with Gasteiger partial charge in [0.15, 0.2) is 5.65 Å². The molecule has 0 saturated carbocycles. The molecule has 28 heavy (non-hydrogen) atoms. The number of hydrogen-bond acceptors (Lipinski definition) is 8. The highest BCUT2D eigenvalue weighted by atomic mass is 19.4. The molecule has 144 valence electrons. The van der Waals surface area contributed by atoms with Gasteiger partial charge in [0.05, 0.1) is 6.61 Å². The van der Waals surface area contributed by atoms with E-state index in [0.717, 1.165) is 6.42 Å².